The first-order chi connectivity index (χ1) is 13.1. The largest absolute Gasteiger partial charge is 0.491 e. The smallest absolute Gasteiger partial charge is 0.321 e. The Hall–Kier alpha value is -3.09. The number of carbonyl (C=O) groups excluding carboxylic acids is 2. The van der Waals surface area contributed by atoms with E-state index in [1.807, 2.05) is 30.3 Å². The van der Waals surface area contributed by atoms with E-state index in [-0.39, 0.29) is 23.3 Å². The highest BCUT2D eigenvalue weighted by Crippen LogP contribution is 2.20. The zero-order chi connectivity index (χ0) is 19.2. The summed E-state index contributed by atoms with van der Waals surface area (Å²) in [6.07, 6.45) is 0. The predicted molar refractivity (Wildman–Crippen MR) is 101 cm³/mol. The molecule has 1 aliphatic rings. The third-order valence-corrected chi connectivity index (χ3v) is 4.36. The first-order valence-electron chi connectivity index (χ1n) is 8.91. The fourth-order valence-corrected chi connectivity index (χ4v) is 2.93. The maximum Gasteiger partial charge on any atom is 0.321 e. The molecule has 0 atom stereocenters. The summed E-state index contributed by atoms with van der Waals surface area (Å²) in [6, 6.07) is 13.2. The van der Waals surface area contributed by atoms with Crippen LogP contribution < -0.4 is 10.1 Å². The number of carbonyl (C=O) groups is 2. The highest BCUT2D eigenvalue weighted by atomic mass is 19.1. The fraction of sp³-hybridized carbons (Fsp3) is 0.300. The molecule has 27 heavy (non-hydrogen) atoms. The summed E-state index contributed by atoms with van der Waals surface area (Å²) >= 11 is 0. The number of para-hydroxylation sites is 1. The van der Waals surface area contributed by atoms with Gasteiger partial charge in [-0.2, -0.15) is 0 Å². The zero-order valence-corrected chi connectivity index (χ0v) is 15.2. The Morgan fingerprint density at radius 1 is 1.04 bits per heavy atom. The molecule has 1 aliphatic heterocycles. The molecule has 2 aromatic rings. The van der Waals surface area contributed by atoms with Crippen molar-refractivity contribution in [3.8, 4) is 5.75 Å². The molecule has 0 unspecified atom stereocenters. The number of piperazine rings is 1. The van der Waals surface area contributed by atoms with Crippen LogP contribution in [0.25, 0.3) is 0 Å². The molecule has 0 aliphatic carbocycles. The summed E-state index contributed by atoms with van der Waals surface area (Å²) in [4.78, 5) is 28.2. The van der Waals surface area contributed by atoms with Crippen LogP contribution in [-0.4, -0.2) is 54.5 Å². The Labute approximate surface area is 157 Å². The monoisotopic (exact) mass is 371 g/mol. The number of nitrogens with zero attached hydrogens (tertiary/aromatic N) is 2. The molecule has 1 saturated heterocycles. The van der Waals surface area contributed by atoms with E-state index in [1.54, 1.807) is 22.8 Å². The summed E-state index contributed by atoms with van der Waals surface area (Å²) in [5, 5.41) is 2.83. The fourth-order valence-electron chi connectivity index (χ4n) is 2.93. The molecular formula is C20H22FN3O3. The number of nitrogens with one attached hydrogen (secondary N) is 1. The van der Waals surface area contributed by atoms with Crippen molar-refractivity contribution in [3.63, 3.8) is 0 Å². The molecule has 0 saturated carbocycles. The van der Waals surface area contributed by atoms with Crippen molar-refractivity contribution in [2.45, 2.75) is 6.92 Å². The molecule has 3 rings (SSSR count). The van der Waals surface area contributed by atoms with Crippen molar-refractivity contribution in [1.29, 1.82) is 0 Å². The van der Waals surface area contributed by atoms with Gasteiger partial charge in [0.2, 0.25) is 0 Å². The lowest BCUT2D eigenvalue weighted by atomic mass is 10.1. The Morgan fingerprint density at radius 3 is 2.33 bits per heavy atom. The Bertz CT molecular complexity index is 805. The number of urea groups is 1. The number of benzene rings is 2. The van der Waals surface area contributed by atoms with E-state index in [4.69, 9.17) is 4.74 Å². The average Bonchev–Trinajstić information content (AvgIpc) is 2.70. The molecule has 3 amide bonds. The van der Waals surface area contributed by atoms with Gasteiger partial charge in [0.25, 0.3) is 5.91 Å². The Balaban J connectivity index is 1.56. The van der Waals surface area contributed by atoms with Crippen LogP contribution in [0.1, 0.15) is 17.3 Å². The normalized spacial score (nSPS) is 14.0. The van der Waals surface area contributed by atoms with E-state index < -0.39 is 5.82 Å². The van der Waals surface area contributed by atoms with Crippen molar-refractivity contribution in [2.24, 2.45) is 0 Å². The minimum absolute atomic E-state index is 0.136. The molecule has 6 nitrogen and oxygen atoms in total. The van der Waals surface area contributed by atoms with Crippen LogP contribution in [0, 0.1) is 5.82 Å². The van der Waals surface area contributed by atoms with Gasteiger partial charge in [0.1, 0.15) is 0 Å². The summed E-state index contributed by atoms with van der Waals surface area (Å²) in [6.45, 7) is 3.77. The Kier molecular flexibility index (Phi) is 5.90. The summed E-state index contributed by atoms with van der Waals surface area (Å²) < 4.78 is 19.1. The molecule has 1 heterocycles. The number of rotatable bonds is 4. The van der Waals surface area contributed by atoms with E-state index in [2.05, 4.69) is 5.32 Å². The number of amides is 3. The van der Waals surface area contributed by atoms with Gasteiger partial charge in [0, 0.05) is 37.4 Å². The molecule has 0 radical (unpaired) electrons. The standard InChI is InChI=1S/C20H22FN3O3/c1-2-27-18-9-8-15(14-17(18)21)19(25)23-10-12-24(13-11-23)20(26)22-16-6-4-3-5-7-16/h3-9,14H,2,10-13H2,1H3,(H,22,26). The number of hydrogen-bond donors (Lipinski definition) is 1. The second-order valence-corrected chi connectivity index (χ2v) is 6.15. The number of hydrogen-bond acceptors (Lipinski definition) is 3. The molecule has 0 bridgehead atoms. The maximum atomic E-state index is 14.0. The average molecular weight is 371 g/mol. The molecule has 7 heteroatoms. The highest BCUT2D eigenvalue weighted by molar-refractivity contribution is 5.95. The zero-order valence-electron chi connectivity index (χ0n) is 15.2. The van der Waals surface area contributed by atoms with Crippen molar-refractivity contribution in [1.82, 2.24) is 9.80 Å². The minimum Gasteiger partial charge on any atom is -0.491 e. The van der Waals surface area contributed by atoms with Crippen molar-refractivity contribution in [3.05, 3.63) is 59.9 Å². The van der Waals surface area contributed by atoms with Gasteiger partial charge < -0.3 is 19.9 Å². The molecule has 142 valence electrons. The van der Waals surface area contributed by atoms with E-state index in [9.17, 15) is 14.0 Å². The number of anilines is 1. The van der Waals surface area contributed by atoms with Gasteiger partial charge in [-0.1, -0.05) is 18.2 Å². The van der Waals surface area contributed by atoms with Crippen LogP contribution in [-0.2, 0) is 0 Å². The molecular weight excluding hydrogens is 349 g/mol. The predicted octanol–water partition coefficient (Wildman–Crippen LogP) is 3.21. The minimum atomic E-state index is -0.552. The summed E-state index contributed by atoms with van der Waals surface area (Å²) in [7, 11) is 0. The third-order valence-electron chi connectivity index (χ3n) is 4.36. The quantitative estimate of drug-likeness (QED) is 0.898. The van der Waals surface area contributed by atoms with Gasteiger partial charge in [-0.3, -0.25) is 4.79 Å². The molecule has 0 aromatic heterocycles. The van der Waals surface area contributed by atoms with E-state index in [0.29, 0.717) is 32.8 Å². The first kappa shape index (κ1) is 18.7. The Morgan fingerprint density at radius 2 is 1.70 bits per heavy atom. The van der Waals surface area contributed by atoms with Gasteiger partial charge in [-0.25, -0.2) is 9.18 Å². The summed E-state index contributed by atoms with van der Waals surface area (Å²) in [5.41, 5.74) is 1.00. The lowest BCUT2D eigenvalue weighted by molar-refractivity contribution is 0.0671. The molecule has 1 fully saturated rings. The second kappa shape index (κ2) is 8.53. The van der Waals surface area contributed by atoms with Gasteiger partial charge in [-0.05, 0) is 37.3 Å². The lowest BCUT2D eigenvalue weighted by Gasteiger charge is -2.34. The number of ether oxygens (including phenoxy) is 1. The SMILES string of the molecule is CCOc1ccc(C(=O)N2CCN(C(=O)Nc3ccccc3)CC2)cc1F. The first-order valence-corrected chi connectivity index (χ1v) is 8.91. The van der Waals surface area contributed by atoms with Gasteiger partial charge in [0.05, 0.1) is 6.61 Å². The lowest BCUT2D eigenvalue weighted by Crippen LogP contribution is -2.51. The van der Waals surface area contributed by atoms with Crippen molar-refractivity contribution >= 4 is 17.6 Å². The van der Waals surface area contributed by atoms with Gasteiger partial charge in [-0.15, -0.1) is 0 Å². The van der Waals surface area contributed by atoms with Gasteiger partial charge >= 0.3 is 6.03 Å². The van der Waals surface area contributed by atoms with Crippen LogP contribution >= 0.6 is 0 Å². The topological polar surface area (TPSA) is 61.9 Å². The van der Waals surface area contributed by atoms with Crippen molar-refractivity contribution < 1.29 is 18.7 Å². The maximum absolute atomic E-state index is 14.0. The van der Waals surface area contributed by atoms with E-state index in [1.165, 1.54) is 12.1 Å². The van der Waals surface area contributed by atoms with Gasteiger partial charge in [0.15, 0.2) is 11.6 Å². The van der Waals surface area contributed by atoms with Crippen LogP contribution in [0.15, 0.2) is 48.5 Å². The third kappa shape index (κ3) is 4.55. The van der Waals surface area contributed by atoms with E-state index in [0.717, 1.165) is 5.69 Å². The molecule has 1 N–H and O–H groups in total. The van der Waals surface area contributed by atoms with Crippen LogP contribution in [0.5, 0.6) is 5.75 Å². The van der Waals surface area contributed by atoms with E-state index >= 15 is 0 Å². The molecule has 0 spiro atoms. The van der Waals surface area contributed by atoms with Crippen LogP contribution in [0.2, 0.25) is 0 Å². The molecule has 2 aromatic carbocycles. The second-order valence-electron chi connectivity index (χ2n) is 6.15. The van der Waals surface area contributed by atoms with Crippen molar-refractivity contribution in [2.75, 3.05) is 38.1 Å². The van der Waals surface area contributed by atoms with Crippen LogP contribution in [0.4, 0.5) is 14.9 Å². The number of halogens is 1. The van der Waals surface area contributed by atoms with Crippen LogP contribution in [0.3, 0.4) is 0 Å². The highest BCUT2D eigenvalue weighted by Gasteiger charge is 2.25. The summed E-state index contributed by atoms with van der Waals surface area (Å²) in [5.74, 6) is -0.667.